The lowest BCUT2D eigenvalue weighted by atomic mass is 9.96. The standard InChI is InChI=1S/C17H29NO3/c1-6-9-15(21-5)17(18-12-7-2)16-13(19-3)10-8-11-14(16)20-4/h8,10-11,15,17-18H,6-7,9,12H2,1-5H3. The Kier molecular flexibility index (Phi) is 8.16. The summed E-state index contributed by atoms with van der Waals surface area (Å²) in [4.78, 5) is 0. The van der Waals surface area contributed by atoms with E-state index in [9.17, 15) is 0 Å². The van der Waals surface area contributed by atoms with E-state index >= 15 is 0 Å². The lowest BCUT2D eigenvalue weighted by molar-refractivity contribution is 0.0590. The van der Waals surface area contributed by atoms with E-state index in [0.717, 1.165) is 42.9 Å². The van der Waals surface area contributed by atoms with Gasteiger partial charge >= 0.3 is 0 Å². The first-order chi connectivity index (χ1) is 10.2. The number of rotatable bonds is 10. The van der Waals surface area contributed by atoms with Crippen molar-refractivity contribution in [3.63, 3.8) is 0 Å². The van der Waals surface area contributed by atoms with Crippen molar-refractivity contribution in [2.75, 3.05) is 27.9 Å². The Morgan fingerprint density at radius 1 is 1.00 bits per heavy atom. The molecule has 0 aliphatic heterocycles. The van der Waals surface area contributed by atoms with Crippen molar-refractivity contribution in [3.05, 3.63) is 23.8 Å². The van der Waals surface area contributed by atoms with E-state index in [1.165, 1.54) is 0 Å². The van der Waals surface area contributed by atoms with Crippen LogP contribution in [0.3, 0.4) is 0 Å². The largest absolute Gasteiger partial charge is 0.496 e. The van der Waals surface area contributed by atoms with Crippen LogP contribution in [0.1, 0.15) is 44.7 Å². The molecule has 0 spiro atoms. The summed E-state index contributed by atoms with van der Waals surface area (Å²) in [6.45, 7) is 5.25. The molecule has 1 N–H and O–H groups in total. The highest BCUT2D eigenvalue weighted by Gasteiger charge is 2.27. The fourth-order valence-corrected chi connectivity index (χ4v) is 2.61. The topological polar surface area (TPSA) is 39.7 Å². The molecule has 0 radical (unpaired) electrons. The van der Waals surface area contributed by atoms with Crippen molar-refractivity contribution >= 4 is 0 Å². The molecule has 120 valence electrons. The molecule has 0 saturated carbocycles. The van der Waals surface area contributed by atoms with E-state index in [4.69, 9.17) is 14.2 Å². The third-order valence-electron chi connectivity index (χ3n) is 3.64. The normalized spacial score (nSPS) is 13.8. The van der Waals surface area contributed by atoms with Crippen LogP contribution in [0.2, 0.25) is 0 Å². The number of benzene rings is 1. The van der Waals surface area contributed by atoms with Crippen LogP contribution in [0.5, 0.6) is 11.5 Å². The molecule has 2 atom stereocenters. The number of methoxy groups -OCH3 is 3. The Balaban J connectivity index is 3.23. The van der Waals surface area contributed by atoms with Gasteiger partial charge in [-0.05, 0) is 31.5 Å². The van der Waals surface area contributed by atoms with Gasteiger partial charge in [-0.1, -0.05) is 26.3 Å². The maximum absolute atomic E-state index is 5.73. The second-order valence-electron chi connectivity index (χ2n) is 5.07. The summed E-state index contributed by atoms with van der Waals surface area (Å²) < 4.78 is 16.8. The fourth-order valence-electron chi connectivity index (χ4n) is 2.61. The van der Waals surface area contributed by atoms with Crippen LogP contribution < -0.4 is 14.8 Å². The second kappa shape index (κ2) is 9.64. The first-order valence-corrected chi connectivity index (χ1v) is 7.70. The number of hydrogen-bond acceptors (Lipinski definition) is 4. The van der Waals surface area contributed by atoms with Gasteiger partial charge < -0.3 is 19.5 Å². The lowest BCUT2D eigenvalue weighted by Crippen LogP contribution is -2.34. The van der Waals surface area contributed by atoms with Gasteiger partial charge in [0.1, 0.15) is 11.5 Å². The summed E-state index contributed by atoms with van der Waals surface area (Å²) in [5.41, 5.74) is 1.04. The number of hydrogen-bond donors (Lipinski definition) is 1. The summed E-state index contributed by atoms with van der Waals surface area (Å²) >= 11 is 0. The Morgan fingerprint density at radius 3 is 2.05 bits per heavy atom. The molecule has 0 fully saturated rings. The van der Waals surface area contributed by atoms with Gasteiger partial charge in [0.05, 0.1) is 31.9 Å². The summed E-state index contributed by atoms with van der Waals surface area (Å²) in [6.07, 6.45) is 3.21. The minimum atomic E-state index is 0.0565. The van der Waals surface area contributed by atoms with Crippen molar-refractivity contribution in [3.8, 4) is 11.5 Å². The molecule has 4 heteroatoms. The van der Waals surface area contributed by atoms with Gasteiger partial charge in [-0.15, -0.1) is 0 Å². The molecule has 21 heavy (non-hydrogen) atoms. The van der Waals surface area contributed by atoms with Crippen molar-refractivity contribution in [2.24, 2.45) is 0 Å². The Bertz CT molecular complexity index is 387. The van der Waals surface area contributed by atoms with Gasteiger partial charge in [0, 0.05) is 7.11 Å². The minimum Gasteiger partial charge on any atom is -0.496 e. The predicted octanol–water partition coefficient (Wildman–Crippen LogP) is 3.56. The maximum Gasteiger partial charge on any atom is 0.127 e. The third kappa shape index (κ3) is 4.61. The summed E-state index contributed by atoms with van der Waals surface area (Å²) in [6, 6.07) is 5.94. The molecule has 0 heterocycles. The number of nitrogens with one attached hydrogen (secondary N) is 1. The van der Waals surface area contributed by atoms with E-state index in [1.807, 2.05) is 18.2 Å². The minimum absolute atomic E-state index is 0.0565. The van der Waals surface area contributed by atoms with Gasteiger partial charge in [-0.3, -0.25) is 0 Å². The summed E-state index contributed by atoms with van der Waals surface area (Å²) in [7, 11) is 5.15. The van der Waals surface area contributed by atoms with Crippen LogP contribution >= 0.6 is 0 Å². The summed E-state index contributed by atoms with van der Waals surface area (Å²) in [5, 5.41) is 3.59. The van der Waals surface area contributed by atoms with Gasteiger partial charge in [-0.2, -0.15) is 0 Å². The summed E-state index contributed by atoms with van der Waals surface area (Å²) in [5.74, 6) is 1.67. The fraction of sp³-hybridized carbons (Fsp3) is 0.647. The SMILES string of the molecule is CCCNC(c1c(OC)cccc1OC)C(CCC)OC. The van der Waals surface area contributed by atoms with E-state index in [2.05, 4.69) is 19.2 Å². The first-order valence-electron chi connectivity index (χ1n) is 7.70. The van der Waals surface area contributed by atoms with Crippen LogP contribution in [0.25, 0.3) is 0 Å². The van der Waals surface area contributed by atoms with Crippen LogP contribution in [-0.2, 0) is 4.74 Å². The van der Waals surface area contributed by atoms with Crippen LogP contribution in [-0.4, -0.2) is 34.0 Å². The second-order valence-corrected chi connectivity index (χ2v) is 5.07. The molecule has 0 amide bonds. The lowest BCUT2D eigenvalue weighted by Gasteiger charge is -2.29. The average molecular weight is 295 g/mol. The van der Waals surface area contributed by atoms with Crippen molar-refractivity contribution < 1.29 is 14.2 Å². The van der Waals surface area contributed by atoms with E-state index < -0.39 is 0 Å². The molecule has 4 nitrogen and oxygen atoms in total. The van der Waals surface area contributed by atoms with E-state index in [-0.39, 0.29) is 12.1 Å². The smallest absolute Gasteiger partial charge is 0.127 e. The van der Waals surface area contributed by atoms with Crippen LogP contribution in [0.4, 0.5) is 0 Å². The molecular formula is C17H29NO3. The maximum atomic E-state index is 5.73. The average Bonchev–Trinajstić information content (AvgIpc) is 2.53. The molecular weight excluding hydrogens is 266 g/mol. The Labute approximate surface area is 128 Å². The van der Waals surface area contributed by atoms with Crippen molar-refractivity contribution in [2.45, 2.75) is 45.3 Å². The van der Waals surface area contributed by atoms with E-state index in [0.29, 0.717) is 0 Å². The highest BCUT2D eigenvalue weighted by atomic mass is 16.5. The first kappa shape index (κ1) is 17.8. The predicted molar refractivity (Wildman–Crippen MR) is 86.3 cm³/mol. The molecule has 1 aromatic rings. The molecule has 1 rings (SSSR count). The zero-order chi connectivity index (χ0) is 15.7. The number of ether oxygens (including phenoxy) is 3. The van der Waals surface area contributed by atoms with Crippen LogP contribution in [0, 0.1) is 0 Å². The van der Waals surface area contributed by atoms with Gasteiger partial charge in [0.25, 0.3) is 0 Å². The third-order valence-corrected chi connectivity index (χ3v) is 3.64. The van der Waals surface area contributed by atoms with Crippen molar-refractivity contribution in [1.82, 2.24) is 5.32 Å². The van der Waals surface area contributed by atoms with E-state index in [1.54, 1.807) is 21.3 Å². The van der Waals surface area contributed by atoms with Gasteiger partial charge in [0.15, 0.2) is 0 Å². The quantitative estimate of drug-likeness (QED) is 0.716. The Morgan fingerprint density at radius 2 is 1.62 bits per heavy atom. The molecule has 1 aromatic carbocycles. The van der Waals surface area contributed by atoms with Crippen LogP contribution in [0.15, 0.2) is 18.2 Å². The van der Waals surface area contributed by atoms with Gasteiger partial charge in [-0.25, -0.2) is 0 Å². The molecule has 0 aromatic heterocycles. The molecule has 2 unspecified atom stereocenters. The highest BCUT2D eigenvalue weighted by molar-refractivity contribution is 5.47. The highest BCUT2D eigenvalue weighted by Crippen LogP contribution is 2.37. The molecule has 0 bridgehead atoms. The zero-order valence-electron chi connectivity index (χ0n) is 13.9. The molecule has 0 aliphatic rings. The van der Waals surface area contributed by atoms with Gasteiger partial charge in [0.2, 0.25) is 0 Å². The monoisotopic (exact) mass is 295 g/mol. The zero-order valence-corrected chi connectivity index (χ0v) is 13.9. The Hall–Kier alpha value is -1.26. The molecule has 0 aliphatic carbocycles. The molecule has 0 saturated heterocycles. The van der Waals surface area contributed by atoms with Crippen molar-refractivity contribution in [1.29, 1.82) is 0 Å².